The third-order valence-corrected chi connectivity index (χ3v) is 4.98. The van der Waals surface area contributed by atoms with Crippen LogP contribution in [0.3, 0.4) is 0 Å². The average Bonchev–Trinajstić information content (AvgIpc) is 2.94. The van der Waals surface area contributed by atoms with Gasteiger partial charge < -0.3 is 5.73 Å². The molecular formula is C22H19F2N3O. The number of guanidine groups is 1. The van der Waals surface area contributed by atoms with Crippen molar-refractivity contribution in [3.8, 4) is 0 Å². The lowest BCUT2D eigenvalue weighted by molar-refractivity contribution is -0.130. The predicted octanol–water partition coefficient (Wildman–Crippen LogP) is 3.79. The first-order chi connectivity index (χ1) is 13.5. The Morgan fingerprint density at radius 3 is 2.43 bits per heavy atom. The third-order valence-electron chi connectivity index (χ3n) is 4.98. The smallest absolute Gasteiger partial charge is 0.266 e. The lowest BCUT2D eigenvalue weighted by atomic mass is 9.80. The Bertz CT molecular complexity index is 993. The minimum atomic E-state index is -1.28. The molecular weight excluding hydrogens is 360 g/mol. The maximum Gasteiger partial charge on any atom is 0.266 e. The Morgan fingerprint density at radius 2 is 1.79 bits per heavy atom. The molecule has 2 aromatic rings. The van der Waals surface area contributed by atoms with Crippen LogP contribution in [0, 0.1) is 11.6 Å². The van der Waals surface area contributed by atoms with E-state index in [0.29, 0.717) is 11.1 Å². The first-order valence-corrected chi connectivity index (χ1v) is 9.05. The van der Waals surface area contributed by atoms with Crippen LogP contribution in [0.2, 0.25) is 0 Å². The molecule has 0 radical (unpaired) electrons. The molecule has 1 atom stereocenters. The first kappa shape index (κ1) is 18.1. The highest BCUT2D eigenvalue weighted by molar-refractivity contribution is 6.09. The van der Waals surface area contributed by atoms with Gasteiger partial charge in [0, 0.05) is 6.07 Å². The molecule has 0 spiro atoms. The number of amides is 1. The molecule has 1 aliphatic heterocycles. The highest BCUT2D eigenvalue weighted by Gasteiger charge is 2.51. The van der Waals surface area contributed by atoms with Gasteiger partial charge in [0.2, 0.25) is 0 Å². The number of nitrogens with two attached hydrogens (primary N) is 1. The Balaban J connectivity index is 1.78. The van der Waals surface area contributed by atoms with Gasteiger partial charge in [0.15, 0.2) is 11.5 Å². The van der Waals surface area contributed by atoms with Crippen LogP contribution in [-0.2, 0) is 16.9 Å². The molecule has 4 nitrogen and oxygen atoms in total. The second kappa shape index (κ2) is 7.03. The summed E-state index contributed by atoms with van der Waals surface area (Å²) >= 11 is 0. The van der Waals surface area contributed by atoms with E-state index in [0.717, 1.165) is 24.5 Å². The molecule has 142 valence electrons. The van der Waals surface area contributed by atoms with Crippen LogP contribution in [0.1, 0.15) is 24.0 Å². The molecule has 28 heavy (non-hydrogen) atoms. The van der Waals surface area contributed by atoms with Crippen molar-refractivity contribution in [1.82, 2.24) is 4.90 Å². The highest BCUT2D eigenvalue weighted by Crippen LogP contribution is 2.42. The maximum atomic E-state index is 13.6. The molecule has 1 aliphatic carbocycles. The molecule has 0 aromatic heterocycles. The molecule has 2 N–H and O–H groups in total. The van der Waals surface area contributed by atoms with Crippen LogP contribution in [0.25, 0.3) is 0 Å². The van der Waals surface area contributed by atoms with Gasteiger partial charge in [0.25, 0.3) is 5.91 Å². The van der Waals surface area contributed by atoms with Gasteiger partial charge in [-0.3, -0.25) is 9.69 Å². The fourth-order valence-electron chi connectivity index (χ4n) is 3.72. The van der Waals surface area contributed by atoms with Crippen LogP contribution < -0.4 is 5.73 Å². The SMILES string of the molecule is NC1=NC(C2=CCCC=C2)(c2ccccc2)C(=O)N1Cc1cc(F)cc(F)c1. The Morgan fingerprint density at radius 1 is 1.07 bits per heavy atom. The minimum absolute atomic E-state index is 0.0263. The van der Waals surface area contributed by atoms with Crippen molar-refractivity contribution in [2.24, 2.45) is 10.7 Å². The standard InChI is InChI=1S/C22H19F2N3O/c23-18-11-15(12-19(24)13-18)14-27-20(28)22(26-21(27)25,16-7-3-1-4-8-16)17-9-5-2-6-10-17/h1,3-5,7-13H,2,6,14H2,(H2,25,26). The molecule has 6 heteroatoms. The number of aliphatic imine (C=N–C) groups is 1. The number of carbonyl (C=O) groups excluding carboxylic acids is 1. The predicted molar refractivity (Wildman–Crippen MR) is 103 cm³/mol. The summed E-state index contributed by atoms with van der Waals surface area (Å²) in [5.74, 6) is -1.72. The van der Waals surface area contributed by atoms with Gasteiger partial charge in [0.05, 0.1) is 6.54 Å². The summed E-state index contributed by atoms with van der Waals surface area (Å²) in [5, 5.41) is 0. The fraction of sp³-hybridized carbons (Fsp3) is 0.182. The number of halogens is 2. The van der Waals surface area contributed by atoms with E-state index < -0.39 is 17.2 Å². The van der Waals surface area contributed by atoms with Gasteiger partial charge in [-0.25, -0.2) is 13.8 Å². The van der Waals surface area contributed by atoms with Crippen LogP contribution in [0.5, 0.6) is 0 Å². The van der Waals surface area contributed by atoms with E-state index in [1.54, 1.807) is 0 Å². The van der Waals surface area contributed by atoms with Gasteiger partial charge in [-0.05, 0) is 41.7 Å². The topological polar surface area (TPSA) is 58.7 Å². The van der Waals surface area contributed by atoms with Gasteiger partial charge in [-0.15, -0.1) is 0 Å². The fourth-order valence-corrected chi connectivity index (χ4v) is 3.72. The summed E-state index contributed by atoms with van der Waals surface area (Å²) in [6, 6.07) is 12.4. The number of nitrogens with zero attached hydrogens (tertiary/aromatic N) is 2. The zero-order chi connectivity index (χ0) is 19.7. The molecule has 1 amide bonds. The van der Waals surface area contributed by atoms with Crippen molar-refractivity contribution in [2.45, 2.75) is 24.9 Å². The molecule has 0 bridgehead atoms. The van der Waals surface area contributed by atoms with Crippen LogP contribution in [0.4, 0.5) is 8.78 Å². The first-order valence-electron chi connectivity index (χ1n) is 9.05. The van der Waals surface area contributed by atoms with Crippen LogP contribution >= 0.6 is 0 Å². The van der Waals surface area contributed by atoms with Crippen molar-refractivity contribution in [3.05, 3.63) is 95.1 Å². The van der Waals surface area contributed by atoms with Crippen LogP contribution in [-0.4, -0.2) is 16.8 Å². The maximum absolute atomic E-state index is 13.6. The summed E-state index contributed by atoms with van der Waals surface area (Å²) in [6.07, 6.45) is 7.60. The monoisotopic (exact) mass is 379 g/mol. The lowest BCUT2D eigenvalue weighted by Crippen LogP contribution is -2.43. The van der Waals surface area contributed by atoms with Gasteiger partial charge in [-0.1, -0.05) is 48.6 Å². The molecule has 2 aromatic carbocycles. The number of hydrogen-bond donors (Lipinski definition) is 1. The van der Waals surface area contributed by atoms with Crippen molar-refractivity contribution in [3.63, 3.8) is 0 Å². The lowest BCUT2D eigenvalue weighted by Gasteiger charge is -2.29. The summed E-state index contributed by atoms with van der Waals surface area (Å²) in [5.41, 5.74) is 6.61. The van der Waals surface area contributed by atoms with E-state index >= 15 is 0 Å². The summed E-state index contributed by atoms with van der Waals surface area (Å²) in [6.45, 7) is -0.0611. The minimum Gasteiger partial charge on any atom is -0.369 e. The molecule has 0 saturated heterocycles. The second-order valence-corrected chi connectivity index (χ2v) is 6.85. The quantitative estimate of drug-likeness (QED) is 0.879. The van der Waals surface area contributed by atoms with E-state index in [9.17, 15) is 13.6 Å². The number of hydrogen-bond acceptors (Lipinski definition) is 3. The molecule has 0 fully saturated rings. The third kappa shape index (κ3) is 3.01. The van der Waals surface area contributed by atoms with Crippen molar-refractivity contribution in [2.75, 3.05) is 0 Å². The number of allylic oxidation sites excluding steroid dienone is 2. The molecule has 4 rings (SSSR count). The summed E-state index contributed by atoms with van der Waals surface area (Å²) < 4.78 is 27.2. The van der Waals surface area contributed by atoms with Gasteiger partial charge >= 0.3 is 0 Å². The molecule has 0 saturated carbocycles. The normalized spacial score (nSPS) is 21.6. The number of rotatable bonds is 4. The molecule has 2 aliphatic rings. The number of benzene rings is 2. The largest absolute Gasteiger partial charge is 0.369 e. The van der Waals surface area contributed by atoms with Crippen molar-refractivity contribution in [1.29, 1.82) is 0 Å². The zero-order valence-electron chi connectivity index (χ0n) is 15.1. The van der Waals surface area contributed by atoms with Gasteiger partial charge in [-0.2, -0.15) is 0 Å². The van der Waals surface area contributed by atoms with E-state index in [1.807, 2.05) is 48.6 Å². The van der Waals surface area contributed by atoms with Crippen LogP contribution in [0.15, 0.2) is 77.3 Å². The summed E-state index contributed by atoms with van der Waals surface area (Å²) in [4.78, 5) is 19.4. The summed E-state index contributed by atoms with van der Waals surface area (Å²) in [7, 11) is 0. The Labute approximate surface area is 161 Å². The van der Waals surface area contributed by atoms with E-state index in [4.69, 9.17) is 5.73 Å². The van der Waals surface area contributed by atoms with Crippen molar-refractivity contribution < 1.29 is 13.6 Å². The van der Waals surface area contributed by atoms with Crippen molar-refractivity contribution >= 4 is 11.9 Å². The Hall–Kier alpha value is -3.28. The Kier molecular flexibility index (Phi) is 4.55. The average molecular weight is 379 g/mol. The number of carbonyl (C=O) groups is 1. The zero-order valence-corrected chi connectivity index (χ0v) is 15.1. The van der Waals surface area contributed by atoms with Gasteiger partial charge in [0.1, 0.15) is 11.6 Å². The molecule has 1 heterocycles. The highest BCUT2D eigenvalue weighted by atomic mass is 19.1. The second-order valence-electron chi connectivity index (χ2n) is 6.85. The van der Waals surface area contributed by atoms with E-state index in [-0.39, 0.29) is 18.4 Å². The van der Waals surface area contributed by atoms with E-state index in [1.165, 1.54) is 17.0 Å². The van der Waals surface area contributed by atoms with E-state index in [2.05, 4.69) is 4.99 Å². The molecule has 1 unspecified atom stereocenters.